The Morgan fingerprint density at radius 2 is 1.29 bits per heavy atom. The molecule has 2 aromatic carbocycles. The van der Waals surface area contributed by atoms with E-state index >= 15 is 0 Å². The van der Waals surface area contributed by atoms with E-state index in [0.717, 1.165) is 15.6 Å². The van der Waals surface area contributed by atoms with Crippen LogP contribution in [0.4, 0.5) is 4.39 Å². The number of hydrogen-bond acceptors (Lipinski definition) is 1. The van der Waals surface area contributed by atoms with Crippen LogP contribution in [0.3, 0.4) is 0 Å². The van der Waals surface area contributed by atoms with E-state index in [1.54, 1.807) is 12.1 Å². The molecule has 1 fully saturated rings. The van der Waals surface area contributed by atoms with Gasteiger partial charge in [0.05, 0.1) is 0 Å². The molecule has 0 amide bonds. The predicted octanol–water partition coefficient (Wildman–Crippen LogP) is 4.40. The van der Waals surface area contributed by atoms with Gasteiger partial charge in [0.2, 0.25) is 0 Å². The lowest BCUT2D eigenvalue weighted by Crippen LogP contribution is -1.84. The Bertz CT molecular complexity index is 471. The predicted molar refractivity (Wildman–Crippen MR) is 67.1 cm³/mol. The summed E-state index contributed by atoms with van der Waals surface area (Å²) >= 11 is 3.40. The minimum absolute atomic E-state index is 0.0665. The second kappa shape index (κ2) is 4.24. The molecule has 0 bridgehead atoms. The van der Waals surface area contributed by atoms with Gasteiger partial charge in [-0.15, -0.1) is 0 Å². The van der Waals surface area contributed by atoms with Crippen LogP contribution in [0.25, 0.3) is 0 Å². The van der Waals surface area contributed by atoms with Crippen LogP contribution in [0.15, 0.2) is 53.0 Å². The number of halogens is 2. The van der Waals surface area contributed by atoms with Crippen LogP contribution in [0, 0.1) is 5.82 Å². The normalized spacial score (nSPS) is 22.5. The van der Waals surface area contributed by atoms with Gasteiger partial charge in [-0.25, -0.2) is 4.39 Å². The van der Waals surface area contributed by atoms with Gasteiger partial charge < -0.3 is 4.74 Å². The smallest absolute Gasteiger partial charge is 0.123 e. The molecule has 0 N–H and O–H groups in total. The zero-order chi connectivity index (χ0) is 11.8. The van der Waals surface area contributed by atoms with Crippen molar-refractivity contribution in [1.82, 2.24) is 0 Å². The van der Waals surface area contributed by atoms with Crippen molar-refractivity contribution in [2.75, 3.05) is 0 Å². The zero-order valence-electron chi connectivity index (χ0n) is 8.94. The van der Waals surface area contributed by atoms with Crippen LogP contribution in [0.1, 0.15) is 23.3 Å². The Morgan fingerprint density at radius 1 is 0.824 bits per heavy atom. The van der Waals surface area contributed by atoms with E-state index in [4.69, 9.17) is 4.74 Å². The van der Waals surface area contributed by atoms with Crippen molar-refractivity contribution in [3.63, 3.8) is 0 Å². The topological polar surface area (TPSA) is 12.5 Å². The van der Waals surface area contributed by atoms with Gasteiger partial charge in [-0.3, -0.25) is 0 Å². The highest BCUT2D eigenvalue weighted by molar-refractivity contribution is 9.10. The summed E-state index contributed by atoms with van der Waals surface area (Å²) in [6.07, 6.45) is 0.172. The monoisotopic (exact) mass is 292 g/mol. The molecule has 1 aliphatic rings. The van der Waals surface area contributed by atoms with Crippen molar-refractivity contribution in [3.8, 4) is 0 Å². The maximum absolute atomic E-state index is 12.8. The van der Waals surface area contributed by atoms with Crippen molar-refractivity contribution in [1.29, 1.82) is 0 Å². The van der Waals surface area contributed by atoms with Gasteiger partial charge in [-0.2, -0.15) is 0 Å². The maximum atomic E-state index is 12.8. The fourth-order valence-corrected chi connectivity index (χ4v) is 2.19. The lowest BCUT2D eigenvalue weighted by molar-refractivity contribution is 0.377. The summed E-state index contributed by atoms with van der Waals surface area (Å²) in [7, 11) is 0. The number of benzene rings is 2. The Hall–Kier alpha value is -1.19. The molecule has 0 unspecified atom stereocenters. The van der Waals surface area contributed by atoms with Gasteiger partial charge in [0.1, 0.15) is 18.0 Å². The first kappa shape index (κ1) is 10.9. The van der Waals surface area contributed by atoms with E-state index < -0.39 is 0 Å². The molecule has 0 radical (unpaired) electrons. The highest BCUT2D eigenvalue weighted by Crippen LogP contribution is 2.50. The second-order valence-electron chi connectivity index (χ2n) is 4.08. The standard InChI is InChI=1S/C14H10BrFO/c15-11-5-1-9(2-6-11)13-14(17-13)10-3-7-12(16)8-4-10/h1-8,13-14H/t13-,14-/m0/s1. The van der Waals surface area contributed by atoms with Crippen molar-refractivity contribution in [2.45, 2.75) is 12.2 Å². The van der Waals surface area contributed by atoms with Gasteiger partial charge in [0, 0.05) is 4.47 Å². The van der Waals surface area contributed by atoms with Gasteiger partial charge in [0.15, 0.2) is 0 Å². The molecule has 0 spiro atoms. The first-order valence-corrected chi connectivity index (χ1v) is 6.20. The van der Waals surface area contributed by atoms with Crippen LogP contribution >= 0.6 is 15.9 Å². The third-order valence-electron chi connectivity index (χ3n) is 2.89. The molecule has 86 valence electrons. The second-order valence-corrected chi connectivity index (χ2v) is 5.00. The molecule has 3 heteroatoms. The molecule has 0 aromatic heterocycles. The average molecular weight is 293 g/mol. The van der Waals surface area contributed by atoms with E-state index in [1.165, 1.54) is 12.1 Å². The van der Waals surface area contributed by atoms with Crippen LogP contribution < -0.4 is 0 Å². The van der Waals surface area contributed by atoms with Gasteiger partial charge in [0.25, 0.3) is 0 Å². The quantitative estimate of drug-likeness (QED) is 0.748. The highest BCUT2D eigenvalue weighted by atomic mass is 79.9. The lowest BCUT2D eigenvalue weighted by Gasteiger charge is -1.97. The maximum Gasteiger partial charge on any atom is 0.123 e. The first-order valence-electron chi connectivity index (χ1n) is 5.40. The van der Waals surface area contributed by atoms with Gasteiger partial charge in [-0.1, -0.05) is 40.2 Å². The Labute approximate surface area is 107 Å². The summed E-state index contributed by atoms with van der Waals surface area (Å²) in [5, 5.41) is 0. The third-order valence-corrected chi connectivity index (χ3v) is 3.42. The van der Waals surface area contributed by atoms with E-state index in [9.17, 15) is 4.39 Å². The molecule has 1 heterocycles. The Morgan fingerprint density at radius 3 is 1.82 bits per heavy atom. The summed E-state index contributed by atoms with van der Waals surface area (Å²) < 4.78 is 19.5. The van der Waals surface area contributed by atoms with Crippen LogP contribution in [-0.2, 0) is 4.74 Å². The van der Waals surface area contributed by atoms with Crippen LogP contribution in [-0.4, -0.2) is 0 Å². The minimum atomic E-state index is -0.213. The fraction of sp³-hybridized carbons (Fsp3) is 0.143. The number of hydrogen-bond donors (Lipinski definition) is 0. The fourth-order valence-electron chi connectivity index (χ4n) is 1.92. The van der Waals surface area contributed by atoms with Crippen molar-refractivity contribution in [3.05, 3.63) is 69.9 Å². The van der Waals surface area contributed by atoms with Crippen molar-refractivity contribution in [2.24, 2.45) is 0 Å². The van der Waals surface area contributed by atoms with E-state index in [-0.39, 0.29) is 18.0 Å². The molecule has 1 saturated heterocycles. The molecule has 1 aliphatic heterocycles. The third kappa shape index (κ3) is 2.26. The zero-order valence-corrected chi connectivity index (χ0v) is 10.5. The number of rotatable bonds is 2. The van der Waals surface area contributed by atoms with Gasteiger partial charge >= 0.3 is 0 Å². The summed E-state index contributed by atoms with van der Waals surface area (Å²) in [5.74, 6) is -0.213. The molecule has 0 aliphatic carbocycles. The summed E-state index contributed by atoms with van der Waals surface area (Å²) in [5.41, 5.74) is 2.18. The molecule has 3 rings (SSSR count). The molecule has 17 heavy (non-hydrogen) atoms. The lowest BCUT2D eigenvalue weighted by atomic mass is 10.0. The minimum Gasteiger partial charge on any atom is -0.359 e. The number of ether oxygens (including phenoxy) is 1. The first-order chi connectivity index (χ1) is 8.24. The van der Waals surface area contributed by atoms with Crippen molar-refractivity contribution < 1.29 is 9.13 Å². The summed E-state index contributed by atoms with van der Waals surface area (Å²) in [6.45, 7) is 0. The summed E-state index contributed by atoms with van der Waals surface area (Å²) in [6, 6.07) is 14.6. The molecule has 0 saturated carbocycles. The molecule has 1 nitrogen and oxygen atoms in total. The highest BCUT2D eigenvalue weighted by Gasteiger charge is 2.41. The van der Waals surface area contributed by atoms with Crippen LogP contribution in [0.5, 0.6) is 0 Å². The van der Waals surface area contributed by atoms with E-state index in [1.807, 2.05) is 24.3 Å². The number of epoxide rings is 1. The molecule has 2 atom stereocenters. The SMILES string of the molecule is Fc1ccc([C@@H]2O[C@H]2c2ccc(Br)cc2)cc1. The average Bonchev–Trinajstić information content (AvgIpc) is 3.11. The largest absolute Gasteiger partial charge is 0.359 e. The van der Waals surface area contributed by atoms with E-state index in [2.05, 4.69) is 15.9 Å². The van der Waals surface area contributed by atoms with Gasteiger partial charge in [-0.05, 0) is 35.4 Å². The molecular formula is C14H10BrFO. The Balaban J connectivity index is 1.78. The molecule has 2 aromatic rings. The van der Waals surface area contributed by atoms with Crippen LogP contribution in [0.2, 0.25) is 0 Å². The summed E-state index contributed by atoms with van der Waals surface area (Å²) in [4.78, 5) is 0. The Kier molecular flexibility index (Phi) is 2.73. The van der Waals surface area contributed by atoms with E-state index in [0.29, 0.717) is 0 Å². The van der Waals surface area contributed by atoms with Crippen molar-refractivity contribution >= 4 is 15.9 Å². The molecular weight excluding hydrogens is 283 g/mol.